The number of rotatable bonds is 2. The zero-order chi connectivity index (χ0) is 12.5. The van der Waals surface area contributed by atoms with Gasteiger partial charge in [-0.2, -0.15) is 0 Å². The smallest absolute Gasteiger partial charge is 0.182 e. The van der Waals surface area contributed by atoms with Crippen molar-refractivity contribution in [1.82, 2.24) is 0 Å². The molecule has 92 valence electrons. The van der Waals surface area contributed by atoms with Crippen molar-refractivity contribution < 1.29 is 4.79 Å². The molecule has 0 bridgehead atoms. The molecule has 0 aromatic heterocycles. The molecule has 0 unspecified atom stereocenters. The summed E-state index contributed by atoms with van der Waals surface area (Å²) in [5.41, 5.74) is 7.19. The summed E-state index contributed by atoms with van der Waals surface area (Å²) in [5, 5.41) is 0.634. The summed E-state index contributed by atoms with van der Waals surface area (Å²) in [6, 6.07) is 5.44. The summed E-state index contributed by atoms with van der Waals surface area (Å²) in [7, 11) is 0. The van der Waals surface area contributed by atoms with Crippen LogP contribution in [-0.4, -0.2) is 11.3 Å². The lowest BCUT2D eigenvalue weighted by Gasteiger charge is -2.31. The van der Waals surface area contributed by atoms with E-state index in [2.05, 4.69) is 0 Å². The van der Waals surface area contributed by atoms with Crippen LogP contribution in [0.2, 0.25) is 5.02 Å². The van der Waals surface area contributed by atoms with Gasteiger partial charge in [0.25, 0.3) is 0 Å². The number of hydrogen-bond donors (Lipinski definition) is 1. The van der Waals surface area contributed by atoms with E-state index in [-0.39, 0.29) is 5.78 Å². The van der Waals surface area contributed by atoms with E-state index in [1.54, 1.807) is 6.07 Å². The van der Waals surface area contributed by atoms with Crippen molar-refractivity contribution in [2.75, 3.05) is 0 Å². The number of Topliss-reactive ketones (excluding diaryl/α,β-unsaturated/α-hetero) is 1. The second kappa shape index (κ2) is 4.79. The molecule has 0 radical (unpaired) electrons. The zero-order valence-electron chi connectivity index (χ0n) is 10.1. The Morgan fingerprint density at radius 1 is 1.29 bits per heavy atom. The number of nitrogens with two attached hydrogens (primary N) is 1. The van der Waals surface area contributed by atoms with E-state index in [0.717, 1.165) is 31.2 Å². The van der Waals surface area contributed by atoms with Gasteiger partial charge in [-0.05, 0) is 31.4 Å². The number of benzene rings is 1. The van der Waals surface area contributed by atoms with Crippen LogP contribution in [-0.2, 0) is 0 Å². The van der Waals surface area contributed by atoms with E-state index in [1.165, 1.54) is 6.42 Å². The van der Waals surface area contributed by atoms with Crippen molar-refractivity contribution in [2.45, 2.75) is 44.6 Å². The van der Waals surface area contributed by atoms with E-state index >= 15 is 0 Å². The van der Waals surface area contributed by atoms with Gasteiger partial charge in [0.05, 0.1) is 5.54 Å². The monoisotopic (exact) mass is 251 g/mol. The Morgan fingerprint density at radius 2 is 1.94 bits per heavy atom. The Kier molecular flexibility index (Phi) is 3.55. The minimum Gasteiger partial charge on any atom is -0.319 e. The largest absolute Gasteiger partial charge is 0.319 e. The number of aryl methyl sites for hydroxylation is 1. The molecule has 0 heterocycles. The summed E-state index contributed by atoms with van der Waals surface area (Å²) >= 11 is 6.05. The fourth-order valence-electron chi connectivity index (χ4n) is 2.43. The minimum atomic E-state index is -0.670. The maximum atomic E-state index is 12.4. The standard InChI is InChI=1S/C14H18ClNO/c1-10-5-6-11(9-12(10)15)13(17)14(16)7-3-2-4-8-14/h5-6,9H,2-4,7-8,16H2,1H3. The normalized spacial score (nSPS) is 19.0. The van der Waals surface area contributed by atoms with Crippen LogP contribution in [0.15, 0.2) is 18.2 Å². The van der Waals surface area contributed by atoms with E-state index in [9.17, 15) is 4.79 Å². The zero-order valence-corrected chi connectivity index (χ0v) is 10.9. The van der Waals surface area contributed by atoms with Crippen molar-refractivity contribution >= 4 is 17.4 Å². The van der Waals surface area contributed by atoms with Crippen molar-refractivity contribution in [3.8, 4) is 0 Å². The number of hydrogen-bond acceptors (Lipinski definition) is 2. The summed E-state index contributed by atoms with van der Waals surface area (Å²) in [6.45, 7) is 1.93. The second-order valence-corrected chi connectivity index (χ2v) is 5.42. The number of ketones is 1. The summed E-state index contributed by atoms with van der Waals surface area (Å²) in [4.78, 5) is 12.4. The van der Waals surface area contributed by atoms with Crippen molar-refractivity contribution in [3.63, 3.8) is 0 Å². The highest BCUT2D eigenvalue weighted by atomic mass is 35.5. The fourth-order valence-corrected chi connectivity index (χ4v) is 2.61. The first-order valence-corrected chi connectivity index (χ1v) is 6.50. The molecule has 2 N–H and O–H groups in total. The summed E-state index contributed by atoms with van der Waals surface area (Å²) < 4.78 is 0. The minimum absolute atomic E-state index is 0.0408. The van der Waals surface area contributed by atoms with Crippen LogP contribution in [0.4, 0.5) is 0 Å². The van der Waals surface area contributed by atoms with Gasteiger partial charge >= 0.3 is 0 Å². The first-order valence-electron chi connectivity index (χ1n) is 6.13. The molecule has 1 aliphatic carbocycles. The molecule has 1 aromatic rings. The molecule has 1 aliphatic rings. The SMILES string of the molecule is Cc1ccc(C(=O)C2(N)CCCCC2)cc1Cl. The van der Waals surface area contributed by atoms with Gasteiger partial charge in [0.1, 0.15) is 0 Å². The molecule has 2 rings (SSSR count). The molecule has 1 fully saturated rings. The van der Waals surface area contributed by atoms with E-state index in [1.807, 2.05) is 19.1 Å². The van der Waals surface area contributed by atoms with Crippen LogP contribution in [0.1, 0.15) is 48.0 Å². The Bertz CT molecular complexity index is 436. The van der Waals surface area contributed by atoms with Crippen molar-refractivity contribution in [2.24, 2.45) is 5.73 Å². The molecule has 2 nitrogen and oxygen atoms in total. The molecule has 0 amide bonds. The van der Waals surface area contributed by atoms with Crippen LogP contribution in [0.3, 0.4) is 0 Å². The molecule has 0 spiro atoms. The van der Waals surface area contributed by atoms with Gasteiger partial charge in [0.15, 0.2) is 5.78 Å². The Morgan fingerprint density at radius 3 is 2.53 bits per heavy atom. The predicted molar refractivity (Wildman–Crippen MR) is 70.5 cm³/mol. The first-order chi connectivity index (χ1) is 8.03. The quantitative estimate of drug-likeness (QED) is 0.818. The van der Waals surface area contributed by atoms with Crippen LogP contribution < -0.4 is 5.73 Å². The molecular formula is C14H18ClNO. The van der Waals surface area contributed by atoms with Crippen molar-refractivity contribution in [1.29, 1.82) is 0 Å². The highest BCUT2D eigenvalue weighted by Gasteiger charge is 2.35. The number of carbonyl (C=O) groups is 1. The second-order valence-electron chi connectivity index (χ2n) is 5.01. The van der Waals surface area contributed by atoms with E-state index in [4.69, 9.17) is 17.3 Å². The number of halogens is 1. The molecule has 17 heavy (non-hydrogen) atoms. The third kappa shape index (κ3) is 2.53. The molecule has 1 saturated carbocycles. The molecule has 0 aliphatic heterocycles. The third-order valence-electron chi connectivity index (χ3n) is 3.63. The summed E-state index contributed by atoms with van der Waals surface area (Å²) in [5.74, 6) is 0.0408. The average molecular weight is 252 g/mol. The van der Waals surface area contributed by atoms with Gasteiger partial charge in [0.2, 0.25) is 0 Å². The van der Waals surface area contributed by atoms with Gasteiger partial charge in [0, 0.05) is 10.6 Å². The Labute approximate surface area is 107 Å². The van der Waals surface area contributed by atoms with Crippen LogP contribution >= 0.6 is 11.6 Å². The van der Waals surface area contributed by atoms with Crippen LogP contribution in [0.25, 0.3) is 0 Å². The molecular weight excluding hydrogens is 234 g/mol. The highest BCUT2D eigenvalue weighted by molar-refractivity contribution is 6.31. The molecule has 3 heteroatoms. The molecule has 0 saturated heterocycles. The number of carbonyl (C=O) groups excluding carboxylic acids is 1. The Balaban J connectivity index is 2.26. The van der Waals surface area contributed by atoms with Crippen LogP contribution in [0.5, 0.6) is 0 Å². The average Bonchev–Trinajstić information content (AvgIpc) is 2.33. The highest BCUT2D eigenvalue weighted by Crippen LogP contribution is 2.30. The predicted octanol–water partition coefficient (Wildman–Crippen LogP) is 3.49. The fraction of sp³-hybridized carbons (Fsp3) is 0.500. The Hall–Kier alpha value is -0.860. The van der Waals surface area contributed by atoms with E-state index in [0.29, 0.717) is 10.6 Å². The van der Waals surface area contributed by atoms with E-state index < -0.39 is 5.54 Å². The lowest BCUT2D eigenvalue weighted by Crippen LogP contribution is -2.49. The van der Waals surface area contributed by atoms with Gasteiger partial charge < -0.3 is 5.73 Å². The van der Waals surface area contributed by atoms with Gasteiger partial charge in [-0.3, -0.25) is 4.79 Å². The first kappa shape index (κ1) is 12.6. The third-order valence-corrected chi connectivity index (χ3v) is 4.04. The maximum Gasteiger partial charge on any atom is 0.182 e. The lowest BCUT2D eigenvalue weighted by molar-refractivity contribution is 0.0848. The van der Waals surface area contributed by atoms with Crippen LogP contribution in [0, 0.1) is 6.92 Å². The van der Waals surface area contributed by atoms with Gasteiger partial charge in [-0.15, -0.1) is 0 Å². The lowest BCUT2D eigenvalue weighted by atomic mass is 9.77. The molecule has 0 atom stereocenters. The van der Waals surface area contributed by atoms with Crippen molar-refractivity contribution in [3.05, 3.63) is 34.3 Å². The molecule has 1 aromatic carbocycles. The summed E-state index contributed by atoms with van der Waals surface area (Å²) in [6.07, 6.45) is 4.85. The van der Waals surface area contributed by atoms with Gasteiger partial charge in [-0.1, -0.05) is 43.0 Å². The van der Waals surface area contributed by atoms with Gasteiger partial charge in [-0.25, -0.2) is 0 Å². The maximum absolute atomic E-state index is 12.4. The topological polar surface area (TPSA) is 43.1 Å².